The molecule has 0 saturated heterocycles. The molecular weight excluding hydrogens is 675 g/mol. The number of Topliss-reactive ketones (excluding diaryl/α,β-unsaturated/α-hetero) is 2. The van der Waals surface area contributed by atoms with Gasteiger partial charge in [-0.3, -0.25) is 19.6 Å². The van der Waals surface area contributed by atoms with Crippen LogP contribution in [-0.4, -0.2) is 35.6 Å². The summed E-state index contributed by atoms with van der Waals surface area (Å²) in [5, 5.41) is 0. The van der Waals surface area contributed by atoms with E-state index < -0.39 is 0 Å². The van der Waals surface area contributed by atoms with E-state index in [2.05, 4.69) is 31.9 Å². The van der Waals surface area contributed by atoms with Gasteiger partial charge in [-0.1, -0.05) is 117 Å². The fraction of sp³-hybridized carbons (Fsp3) is 0.152. The Hall–Kier alpha value is -2.99. The van der Waals surface area contributed by atoms with E-state index in [1.807, 2.05) is 116 Å². The van der Waals surface area contributed by atoms with Crippen molar-refractivity contribution in [3.8, 4) is 0 Å². The van der Waals surface area contributed by atoms with E-state index in [9.17, 15) is 9.59 Å². The molecule has 0 amide bonds. The maximum atomic E-state index is 13.1. The molecule has 206 valence electrons. The Balaban J connectivity index is 0.00000441. The number of ketones is 2. The zero-order chi connectivity index (χ0) is 27.6. The smallest absolute Gasteiger partial charge is 0.168 e. The summed E-state index contributed by atoms with van der Waals surface area (Å²) in [7, 11) is 0. The summed E-state index contributed by atoms with van der Waals surface area (Å²) >= 11 is 6.84. The van der Waals surface area contributed by atoms with Crippen molar-refractivity contribution in [3.63, 3.8) is 0 Å². The van der Waals surface area contributed by atoms with Crippen LogP contribution in [0.4, 0.5) is 0 Å². The standard InChI is InChI=1S/C33H28Br2N2O2.Ni/c1-23(37-31(25-10-6-3-7-11-25)21-33(39)27-14-18-29(35)19-15-27)22-36-30(24-8-4-2-5-9-24)20-32(38)26-12-16-28(34)17-13-26;/h2-19,23H,20-22H2,1H3;. The molecule has 1 unspecified atom stereocenters. The molecule has 0 aliphatic heterocycles. The van der Waals surface area contributed by atoms with E-state index >= 15 is 0 Å². The van der Waals surface area contributed by atoms with Crippen molar-refractivity contribution in [2.24, 2.45) is 9.98 Å². The van der Waals surface area contributed by atoms with Crippen molar-refractivity contribution in [2.75, 3.05) is 6.54 Å². The van der Waals surface area contributed by atoms with Crippen LogP contribution < -0.4 is 0 Å². The van der Waals surface area contributed by atoms with E-state index in [0.29, 0.717) is 17.7 Å². The second-order valence-corrected chi connectivity index (χ2v) is 11.0. The third-order valence-corrected chi connectivity index (χ3v) is 7.18. The van der Waals surface area contributed by atoms with Crippen molar-refractivity contribution in [1.82, 2.24) is 0 Å². The first-order valence-electron chi connectivity index (χ1n) is 12.7. The molecule has 4 rings (SSSR count). The zero-order valence-electron chi connectivity index (χ0n) is 21.9. The topological polar surface area (TPSA) is 58.9 Å². The van der Waals surface area contributed by atoms with Gasteiger partial charge >= 0.3 is 0 Å². The molecule has 0 radical (unpaired) electrons. The molecule has 0 aromatic heterocycles. The van der Waals surface area contributed by atoms with Gasteiger partial charge in [0.05, 0.1) is 31.1 Å². The van der Waals surface area contributed by atoms with Gasteiger partial charge < -0.3 is 0 Å². The fourth-order valence-corrected chi connectivity index (χ4v) is 4.59. The number of hydrogen-bond acceptors (Lipinski definition) is 4. The molecule has 0 N–H and O–H groups in total. The minimum atomic E-state index is -0.195. The molecule has 0 spiro atoms. The number of rotatable bonds is 11. The van der Waals surface area contributed by atoms with Gasteiger partial charge in [0.1, 0.15) is 0 Å². The minimum absolute atomic E-state index is 0. The molecule has 4 nitrogen and oxygen atoms in total. The van der Waals surface area contributed by atoms with Gasteiger partial charge in [-0.2, -0.15) is 0 Å². The van der Waals surface area contributed by atoms with Crippen molar-refractivity contribution < 1.29 is 26.1 Å². The largest absolute Gasteiger partial charge is 0.294 e. The van der Waals surface area contributed by atoms with E-state index in [1.54, 1.807) is 0 Å². The molecule has 4 aromatic rings. The second-order valence-electron chi connectivity index (χ2n) is 9.16. The predicted octanol–water partition coefficient (Wildman–Crippen LogP) is 8.42. The van der Waals surface area contributed by atoms with Crippen LogP contribution in [0.1, 0.15) is 51.6 Å². The molecule has 7 heteroatoms. The third-order valence-electron chi connectivity index (χ3n) is 6.13. The summed E-state index contributed by atoms with van der Waals surface area (Å²) in [6, 6.07) is 34.1. The molecule has 1 atom stereocenters. The number of carbonyl (C=O) groups excluding carboxylic acids is 2. The first kappa shape index (κ1) is 31.5. The summed E-state index contributed by atoms with van der Waals surface area (Å²) in [4.78, 5) is 35.9. The van der Waals surface area contributed by atoms with Crippen LogP contribution in [0.15, 0.2) is 128 Å². The van der Waals surface area contributed by atoms with Crippen LogP contribution in [0.5, 0.6) is 0 Å². The number of halogens is 2. The summed E-state index contributed by atoms with van der Waals surface area (Å²) < 4.78 is 1.85. The maximum Gasteiger partial charge on any atom is 0.168 e. The summed E-state index contributed by atoms with van der Waals surface area (Å²) in [5.41, 5.74) is 4.55. The van der Waals surface area contributed by atoms with Crippen molar-refractivity contribution in [2.45, 2.75) is 25.8 Å². The Morgan fingerprint density at radius 3 is 1.45 bits per heavy atom. The van der Waals surface area contributed by atoms with Crippen molar-refractivity contribution >= 4 is 54.8 Å². The van der Waals surface area contributed by atoms with Gasteiger partial charge in [0, 0.05) is 42.3 Å². The van der Waals surface area contributed by atoms with E-state index in [0.717, 1.165) is 31.5 Å². The predicted molar refractivity (Wildman–Crippen MR) is 166 cm³/mol. The van der Waals surface area contributed by atoms with E-state index in [-0.39, 0.29) is 46.9 Å². The summed E-state index contributed by atoms with van der Waals surface area (Å²) in [5.74, 6) is 0.0113. The van der Waals surface area contributed by atoms with Crippen molar-refractivity contribution in [1.29, 1.82) is 0 Å². The Morgan fingerprint density at radius 2 is 1.00 bits per heavy atom. The summed E-state index contributed by atoms with van der Waals surface area (Å²) in [6.45, 7) is 2.37. The average molecular weight is 703 g/mol. The van der Waals surface area contributed by atoms with Crippen LogP contribution >= 0.6 is 31.9 Å². The molecule has 4 aromatic carbocycles. The van der Waals surface area contributed by atoms with Gasteiger partial charge in [-0.05, 0) is 42.3 Å². The van der Waals surface area contributed by atoms with Crippen LogP contribution in [0.25, 0.3) is 0 Å². The van der Waals surface area contributed by atoms with Gasteiger partial charge in [-0.25, -0.2) is 0 Å². The number of aliphatic imine (C=N–C) groups is 2. The van der Waals surface area contributed by atoms with Gasteiger partial charge in [0.15, 0.2) is 11.6 Å². The van der Waals surface area contributed by atoms with E-state index in [1.165, 1.54) is 0 Å². The molecule has 0 fully saturated rings. The number of nitrogens with zero attached hydrogens (tertiary/aromatic N) is 2. The molecule has 0 aliphatic rings. The molecule has 0 aliphatic carbocycles. The quantitative estimate of drug-likeness (QED) is 0.0896. The number of benzene rings is 4. The molecule has 40 heavy (non-hydrogen) atoms. The minimum Gasteiger partial charge on any atom is -0.294 e. The van der Waals surface area contributed by atoms with Crippen LogP contribution in [-0.2, 0) is 16.5 Å². The van der Waals surface area contributed by atoms with Crippen LogP contribution in [0.2, 0.25) is 0 Å². The van der Waals surface area contributed by atoms with Gasteiger partial charge in [-0.15, -0.1) is 0 Å². The first-order chi connectivity index (χ1) is 18.9. The Bertz CT molecular complexity index is 1470. The number of hydrogen-bond donors (Lipinski definition) is 0. The summed E-state index contributed by atoms with van der Waals surface area (Å²) in [6.07, 6.45) is 0.378. The Kier molecular flexibility index (Phi) is 12.4. The van der Waals surface area contributed by atoms with Gasteiger partial charge in [0.25, 0.3) is 0 Å². The number of carbonyl (C=O) groups is 2. The molecule has 0 heterocycles. The van der Waals surface area contributed by atoms with Gasteiger partial charge in [0.2, 0.25) is 0 Å². The first-order valence-corrected chi connectivity index (χ1v) is 14.3. The maximum absolute atomic E-state index is 13.1. The zero-order valence-corrected chi connectivity index (χ0v) is 26.0. The van der Waals surface area contributed by atoms with Crippen LogP contribution in [0.3, 0.4) is 0 Å². The fourth-order valence-electron chi connectivity index (χ4n) is 4.06. The SMILES string of the molecule is CC(CN=C(CC(=O)c1ccc(Br)cc1)c1ccccc1)N=C(CC(=O)c1ccc(Br)cc1)c1ccccc1.[Ni]. The molecular formula is C33H28Br2N2NiO2. The Morgan fingerprint density at radius 1 is 0.600 bits per heavy atom. The molecule has 0 saturated carbocycles. The Labute approximate surface area is 262 Å². The third kappa shape index (κ3) is 9.30. The van der Waals surface area contributed by atoms with E-state index in [4.69, 9.17) is 9.98 Å². The second kappa shape index (κ2) is 15.7. The monoisotopic (exact) mass is 700 g/mol. The normalized spacial score (nSPS) is 12.4. The van der Waals surface area contributed by atoms with Crippen molar-refractivity contribution in [3.05, 3.63) is 140 Å². The molecule has 0 bridgehead atoms. The van der Waals surface area contributed by atoms with Crippen LogP contribution in [0, 0.1) is 0 Å². The average Bonchev–Trinajstić information content (AvgIpc) is 2.96.